The average molecular weight is 501 g/mol. The lowest BCUT2D eigenvalue weighted by atomic mass is 10.0. The van der Waals surface area contributed by atoms with Crippen LogP contribution in [-0.4, -0.2) is 10.9 Å². The van der Waals surface area contributed by atoms with Crippen LogP contribution in [0.15, 0.2) is 88.1 Å². The van der Waals surface area contributed by atoms with Crippen molar-refractivity contribution in [3.05, 3.63) is 116 Å². The van der Waals surface area contributed by atoms with Gasteiger partial charge in [-0.2, -0.15) is 0 Å². The molecule has 5 aromatic rings. The van der Waals surface area contributed by atoms with Gasteiger partial charge in [0.15, 0.2) is 5.13 Å². The second kappa shape index (κ2) is 9.86. The average Bonchev–Trinajstić information content (AvgIpc) is 3.27. The normalized spacial score (nSPS) is 11.0. The summed E-state index contributed by atoms with van der Waals surface area (Å²) in [6.07, 6.45) is 1.63. The highest BCUT2D eigenvalue weighted by Gasteiger charge is 2.18. The Balaban J connectivity index is 1.38. The van der Waals surface area contributed by atoms with Crippen molar-refractivity contribution in [3.8, 4) is 11.3 Å². The molecule has 7 heteroatoms. The van der Waals surface area contributed by atoms with Crippen molar-refractivity contribution in [3.63, 3.8) is 0 Å². The monoisotopic (exact) mass is 500 g/mol. The molecular formula is C28H21ClN2O3S. The molecule has 5 nitrogen and oxygen atoms in total. The molecule has 5 rings (SSSR count). The van der Waals surface area contributed by atoms with Crippen molar-refractivity contribution in [1.82, 2.24) is 4.98 Å². The van der Waals surface area contributed by atoms with E-state index in [1.807, 2.05) is 25.1 Å². The molecule has 0 saturated carbocycles. The first-order valence-corrected chi connectivity index (χ1v) is 12.4. The molecule has 0 fully saturated rings. The number of halogens is 1. The highest BCUT2D eigenvalue weighted by atomic mass is 35.5. The predicted octanol–water partition coefficient (Wildman–Crippen LogP) is 6.98. The zero-order valence-corrected chi connectivity index (χ0v) is 20.5. The number of nitrogens with one attached hydrogen (secondary N) is 1. The second-order valence-corrected chi connectivity index (χ2v) is 9.61. The van der Waals surface area contributed by atoms with E-state index in [0.717, 1.165) is 29.0 Å². The SMILES string of the molecule is CCc1sc(NC(=O)c2cc3cc(Cl)ccc3oc2=O)nc1-c1ccc(Cc2ccccc2)cc1. The van der Waals surface area contributed by atoms with Crippen molar-refractivity contribution < 1.29 is 9.21 Å². The van der Waals surface area contributed by atoms with E-state index in [9.17, 15) is 9.59 Å². The lowest BCUT2D eigenvalue weighted by Crippen LogP contribution is -2.20. The van der Waals surface area contributed by atoms with E-state index in [1.54, 1.807) is 18.2 Å². The van der Waals surface area contributed by atoms with Crippen molar-refractivity contribution >= 4 is 44.9 Å². The van der Waals surface area contributed by atoms with Gasteiger partial charge in [0.1, 0.15) is 11.1 Å². The zero-order valence-electron chi connectivity index (χ0n) is 18.9. The molecular weight excluding hydrogens is 480 g/mol. The molecule has 0 unspecified atom stereocenters. The molecule has 0 radical (unpaired) electrons. The molecule has 174 valence electrons. The van der Waals surface area contributed by atoms with Crippen LogP contribution in [-0.2, 0) is 12.8 Å². The van der Waals surface area contributed by atoms with E-state index < -0.39 is 11.5 Å². The summed E-state index contributed by atoms with van der Waals surface area (Å²) in [5.74, 6) is -0.568. The van der Waals surface area contributed by atoms with Crippen LogP contribution in [0.5, 0.6) is 0 Å². The minimum atomic E-state index is -0.709. The third-order valence-corrected chi connectivity index (χ3v) is 7.01. The van der Waals surface area contributed by atoms with Gasteiger partial charge in [-0.15, -0.1) is 11.3 Å². The van der Waals surface area contributed by atoms with Gasteiger partial charge in [-0.25, -0.2) is 9.78 Å². The Morgan fingerprint density at radius 3 is 2.49 bits per heavy atom. The van der Waals surface area contributed by atoms with Crippen LogP contribution in [0, 0.1) is 0 Å². The Morgan fingerprint density at radius 2 is 1.74 bits per heavy atom. The summed E-state index contributed by atoms with van der Waals surface area (Å²) in [5, 5.41) is 4.26. The fourth-order valence-corrected chi connectivity index (χ4v) is 5.00. The summed E-state index contributed by atoms with van der Waals surface area (Å²) < 4.78 is 5.29. The summed E-state index contributed by atoms with van der Waals surface area (Å²) in [5.41, 5.74) is 3.85. The van der Waals surface area contributed by atoms with E-state index in [0.29, 0.717) is 21.1 Å². The Labute approximate surface area is 211 Å². The number of aromatic nitrogens is 1. The standard InChI is InChI=1S/C28H21ClN2O3S/c1-2-24-25(19-10-8-18(9-11-19)14-17-6-4-3-5-7-17)30-28(35-24)31-26(32)22-16-20-15-21(29)12-13-23(20)34-27(22)33/h3-13,15-16H,2,14H2,1H3,(H,30,31,32). The molecule has 3 aromatic carbocycles. The molecule has 0 aliphatic heterocycles. The number of carbonyl (C=O) groups is 1. The van der Waals surface area contributed by atoms with Gasteiger partial charge in [0.2, 0.25) is 0 Å². The Bertz CT molecular complexity index is 1570. The maximum absolute atomic E-state index is 12.9. The third-order valence-electron chi connectivity index (χ3n) is 5.66. The topological polar surface area (TPSA) is 72.2 Å². The number of rotatable bonds is 6. The van der Waals surface area contributed by atoms with Crippen LogP contribution in [0.4, 0.5) is 5.13 Å². The molecule has 0 spiro atoms. The number of hydrogen-bond acceptors (Lipinski definition) is 5. The van der Waals surface area contributed by atoms with E-state index in [-0.39, 0.29) is 5.56 Å². The summed E-state index contributed by atoms with van der Waals surface area (Å²) in [6.45, 7) is 2.05. The number of carbonyl (C=O) groups excluding carboxylic acids is 1. The fraction of sp³-hybridized carbons (Fsp3) is 0.107. The van der Waals surface area contributed by atoms with Gasteiger partial charge >= 0.3 is 5.63 Å². The number of fused-ring (bicyclic) bond motifs is 1. The first-order chi connectivity index (χ1) is 17.0. The largest absolute Gasteiger partial charge is 0.422 e. The minimum Gasteiger partial charge on any atom is -0.422 e. The molecule has 2 heterocycles. The molecule has 1 N–H and O–H groups in total. The van der Waals surface area contributed by atoms with Crippen LogP contribution >= 0.6 is 22.9 Å². The fourth-order valence-electron chi connectivity index (χ4n) is 3.90. The maximum atomic E-state index is 12.9. The lowest BCUT2D eigenvalue weighted by Gasteiger charge is -2.05. The van der Waals surface area contributed by atoms with E-state index >= 15 is 0 Å². The van der Waals surface area contributed by atoms with Gasteiger partial charge in [0.25, 0.3) is 5.91 Å². The van der Waals surface area contributed by atoms with Crippen LogP contribution in [0.2, 0.25) is 5.02 Å². The second-order valence-electron chi connectivity index (χ2n) is 8.09. The predicted molar refractivity (Wildman–Crippen MR) is 142 cm³/mol. The van der Waals surface area contributed by atoms with Gasteiger partial charge in [-0.05, 0) is 48.2 Å². The number of anilines is 1. The molecule has 1 amide bonds. The van der Waals surface area contributed by atoms with Gasteiger partial charge in [0.05, 0.1) is 5.69 Å². The molecule has 0 atom stereocenters. The highest BCUT2D eigenvalue weighted by Crippen LogP contribution is 2.32. The van der Waals surface area contributed by atoms with Crippen molar-refractivity contribution in [1.29, 1.82) is 0 Å². The molecule has 0 aliphatic rings. The Hall–Kier alpha value is -3.74. The molecule has 0 bridgehead atoms. The Morgan fingerprint density at radius 1 is 1.00 bits per heavy atom. The first-order valence-electron chi connectivity index (χ1n) is 11.2. The maximum Gasteiger partial charge on any atom is 0.349 e. The summed E-state index contributed by atoms with van der Waals surface area (Å²) in [4.78, 5) is 31.0. The summed E-state index contributed by atoms with van der Waals surface area (Å²) in [7, 11) is 0. The van der Waals surface area contributed by atoms with Crippen molar-refractivity contribution in [2.75, 3.05) is 5.32 Å². The quantitative estimate of drug-likeness (QED) is 0.255. The third kappa shape index (κ3) is 5.04. The van der Waals surface area contributed by atoms with Gasteiger partial charge in [-0.1, -0.05) is 73.1 Å². The number of nitrogens with zero attached hydrogens (tertiary/aromatic N) is 1. The lowest BCUT2D eigenvalue weighted by molar-refractivity contribution is 0.102. The number of hydrogen-bond donors (Lipinski definition) is 1. The Kier molecular flexibility index (Phi) is 6.49. The number of thiazole rings is 1. The molecule has 0 saturated heterocycles. The minimum absolute atomic E-state index is 0.0974. The smallest absolute Gasteiger partial charge is 0.349 e. The van der Waals surface area contributed by atoms with Gasteiger partial charge < -0.3 is 4.42 Å². The van der Waals surface area contributed by atoms with E-state index in [4.69, 9.17) is 16.0 Å². The van der Waals surface area contributed by atoms with Crippen molar-refractivity contribution in [2.24, 2.45) is 0 Å². The van der Waals surface area contributed by atoms with Crippen LogP contribution in [0.25, 0.3) is 22.2 Å². The van der Waals surface area contributed by atoms with E-state index in [1.165, 1.54) is 28.5 Å². The first kappa shape index (κ1) is 23.0. The van der Waals surface area contributed by atoms with Crippen LogP contribution in [0.1, 0.15) is 33.3 Å². The van der Waals surface area contributed by atoms with Gasteiger partial charge in [-0.3, -0.25) is 10.1 Å². The molecule has 2 aromatic heterocycles. The van der Waals surface area contributed by atoms with Gasteiger partial charge in [0, 0.05) is 20.8 Å². The number of amides is 1. The van der Waals surface area contributed by atoms with Crippen LogP contribution < -0.4 is 10.9 Å². The van der Waals surface area contributed by atoms with Crippen LogP contribution in [0.3, 0.4) is 0 Å². The highest BCUT2D eigenvalue weighted by molar-refractivity contribution is 7.16. The summed E-state index contributed by atoms with van der Waals surface area (Å²) in [6, 6.07) is 25.0. The summed E-state index contributed by atoms with van der Waals surface area (Å²) >= 11 is 7.44. The van der Waals surface area contributed by atoms with Crippen molar-refractivity contribution in [2.45, 2.75) is 19.8 Å². The zero-order chi connectivity index (χ0) is 24.4. The molecule has 0 aliphatic carbocycles. The number of benzene rings is 3. The van der Waals surface area contributed by atoms with E-state index in [2.05, 4.69) is 46.7 Å². The molecule has 35 heavy (non-hydrogen) atoms. The number of aryl methyl sites for hydroxylation is 1.